The highest BCUT2D eigenvalue weighted by Crippen LogP contribution is 2.23. The van der Waals surface area contributed by atoms with E-state index in [0.717, 1.165) is 21.3 Å². The fourth-order valence-electron chi connectivity index (χ4n) is 3.52. The van der Waals surface area contributed by atoms with Crippen LogP contribution in [0.2, 0.25) is 0 Å². The summed E-state index contributed by atoms with van der Waals surface area (Å²) in [4.78, 5) is 12.4. The molecule has 162 valence electrons. The molecule has 0 unspecified atom stereocenters. The van der Waals surface area contributed by atoms with E-state index in [1.165, 1.54) is 4.31 Å². The lowest BCUT2D eigenvalue weighted by molar-refractivity contribution is -0.126. The van der Waals surface area contributed by atoms with Crippen LogP contribution in [0.25, 0.3) is 0 Å². The predicted octanol–water partition coefficient (Wildman–Crippen LogP) is 3.49. The molecule has 0 aromatic heterocycles. The van der Waals surface area contributed by atoms with Crippen LogP contribution < -0.4 is 10.1 Å². The molecule has 0 radical (unpaired) electrons. The highest BCUT2D eigenvalue weighted by molar-refractivity contribution is 9.10. The second-order valence-corrected chi connectivity index (χ2v) is 10.4. The third-order valence-electron chi connectivity index (χ3n) is 5.12. The summed E-state index contributed by atoms with van der Waals surface area (Å²) in [7, 11) is -3.40. The zero-order valence-electron chi connectivity index (χ0n) is 17.0. The summed E-state index contributed by atoms with van der Waals surface area (Å²) in [6, 6.07) is 15.1. The van der Waals surface area contributed by atoms with E-state index in [1.807, 2.05) is 49.4 Å². The number of piperidine rings is 1. The van der Waals surface area contributed by atoms with Gasteiger partial charge < -0.3 is 10.1 Å². The molecule has 2 aromatic rings. The van der Waals surface area contributed by atoms with E-state index in [-0.39, 0.29) is 17.6 Å². The monoisotopic (exact) mass is 494 g/mol. The molecule has 0 atom stereocenters. The fourth-order valence-corrected chi connectivity index (χ4v) is 5.51. The topological polar surface area (TPSA) is 75.7 Å². The van der Waals surface area contributed by atoms with Gasteiger partial charge in [0, 0.05) is 23.5 Å². The minimum Gasteiger partial charge on any atom is -0.492 e. The van der Waals surface area contributed by atoms with E-state index in [1.54, 1.807) is 6.07 Å². The summed E-state index contributed by atoms with van der Waals surface area (Å²) >= 11 is 3.37. The van der Waals surface area contributed by atoms with Gasteiger partial charge in [0.25, 0.3) is 0 Å². The maximum absolute atomic E-state index is 12.7. The Labute approximate surface area is 186 Å². The first-order valence-corrected chi connectivity index (χ1v) is 12.4. The average molecular weight is 495 g/mol. The number of aryl methyl sites for hydroxylation is 1. The van der Waals surface area contributed by atoms with E-state index in [9.17, 15) is 13.2 Å². The Balaban J connectivity index is 1.41. The van der Waals surface area contributed by atoms with Crippen molar-refractivity contribution in [1.82, 2.24) is 9.62 Å². The van der Waals surface area contributed by atoms with E-state index in [0.29, 0.717) is 39.1 Å². The number of nitrogens with one attached hydrogen (secondary N) is 1. The van der Waals surface area contributed by atoms with Crippen LogP contribution >= 0.6 is 15.9 Å². The van der Waals surface area contributed by atoms with Crippen LogP contribution in [0, 0.1) is 12.8 Å². The lowest BCUT2D eigenvalue weighted by atomic mass is 9.97. The number of halogens is 1. The molecule has 1 amide bonds. The number of sulfonamides is 1. The average Bonchev–Trinajstić information content (AvgIpc) is 2.71. The number of carbonyl (C=O) groups excluding carboxylic acids is 1. The van der Waals surface area contributed by atoms with Crippen LogP contribution in [0.3, 0.4) is 0 Å². The van der Waals surface area contributed by atoms with Gasteiger partial charge in [0.15, 0.2) is 0 Å². The van der Waals surface area contributed by atoms with Gasteiger partial charge in [0.1, 0.15) is 12.4 Å². The maximum Gasteiger partial charge on any atom is 0.223 e. The lowest BCUT2D eigenvalue weighted by Gasteiger charge is -2.30. The summed E-state index contributed by atoms with van der Waals surface area (Å²) in [6.07, 6.45) is 1.06. The zero-order valence-corrected chi connectivity index (χ0v) is 19.4. The highest BCUT2D eigenvalue weighted by Gasteiger charge is 2.31. The van der Waals surface area contributed by atoms with Crippen LogP contribution in [0.15, 0.2) is 53.0 Å². The number of carbonyl (C=O) groups is 1. The van der Waals surface area contributed by atoms with E-state index in [4.69, 9.17) is 4.74 Å². The Morgan fingerprint density at radius 3 is 2.60 bits per heavy atom. The van der Waals surface area contributed by atoms with Crippen molar-refractivity contribution in [3.8, 4) is 5.75 Å². The second-order valence-electron chi connectivity index (χ2n) is 7.52. The standard InChI is InChI=1S/C22H27BrN2O4S/c1-17-4-2-7-21(14-17)29-13-10-24-22(26)19-8-11-25(12-9-19)30(27,28)16-18-5-3-6-20(23)15-18/h2-7,14-15,19H,8-13,16H2,1H3,(H,24,26). The number of hydrogen-bond donors (Lipinski definition) is 1. The SMILES string of the molecule is Cc1cccc(OCCNC(=O)C2CCN(S(=O)(=O)Cc3cccc(Br)c3)CC2)c1. The molecule has 3 rings (SSSR count). The number of nitrogens with zero attached hydrogens (tertiary/aromatic N) is 1. The maximum atomic E-state index is 12.7. The van der Waals surface area contributed by atoms with Gasteiger partial charge in [0.2, 0.25) is 15.9 Å². The molecular formula is C22H27BrN2O4S. The van der Waals surface area contributed by atoms with Crippen LogP contribution in [0.1, 0.15) is 24.0 Å². The van der Waals surface area contributed by atoms with E-state index >= 15 is 0 Å². The molecule has 1 aliphatic heterocycles. The van der Waals surface area contributed by atoms with E-state index in [2.05, 4.69) is 21.2 Å². The molecule has 1 heterocycles. The number of amides is 1. The summed E-state index contributed by atoms with van der Waals surface area (Å²) in [6.45, 7) is 3.56. The van der Waals surface area contributed by atoms with Gasteiger partial charge in [-0.15, -0.1) is 0 Å². The molecule has 1 aliphatic rings. The normalized spacial score (nSPS) is 15.7. The van der Waals surface area contributed by atoms with Crippen molar-refractivity contribution in [3.05, 3.63) is 64.1 Å². The highest BCUT2D eigenvalue weighted by atomic mass is 79.9. The Hall–Kier alpha value is -1.90. The summed E-state index contributed by atoms with van der Waals surface area (Å²) in [5, 5.41) is 2.90. The number of hydrogen-bond acceptors (Lipinski definition) is 4. The van der Waals surface area contributed by atoms with Crippen molar-refractivity contribution in [1.29, 1.82) is 0 Å². The zero-order chi connectivity index (χ0) is 21.6. The van der Waals surface area contributed by atoms with Crippen molar-refractivity contribution in [3.63, 3.8) is 0 Å². The van der Waals surface area contributed by atoms with E-state index < -0.39 is 10.0 Å². The first kappa shape index (κ1) is 22.8. The molecule has 30 heavy (non-hydrogen) atoms. The number of ether oxygens (including phenoxy) is 1. The molecule has 8 heteroatoms. The molecule has 1 N–H and O–H groups in total. The van der Waals surface area contributed by atoms with Crippen LogP contribution in [0.4, 0.5) is 0 Å². The smallest absolute Gasteiger partial charge is 0.223 e. The van der Waals surface area contributed by atoms with Crippen LogP contribution in [0.5, 0.6) is 5.75 Å². The molecule has 6 nitrogen and oxygen atoms in total. The second kappa shape index (κ2) is 10.4. The Morgan fingerprint density at radius 2 is 1.90 bits per heavy atom. The quantitative estimate of drug-likeness (QED) is 0.569. The molecular weight excluding hydrogens is 468 g/mol. The number of rotatable bonds is 8. The first-order chi connectivity index (χ1) is 14.3. The van der Waals surface area contributed by atoms with Crippen molar-refractivity contribution in [2.24, 2.45) is 5.92 Å². The first-order valence-electron chi connectivity index (χ1n) is 10.0. The minimum atomic E-state index is -3.40. The van der Waals surface area contributed by atoms with Gasteiger partial charge in [-0.2, -0.15) is 0 Å². The molecule has 0 saturated carbocycles. The van der Waals surface area contributed by atoms with Gasteiger partial charge in [0.05, 0.1) is 12.3 Å². The van der Waals surface area contributed by atoms with Crippen molar-refractivity contribution in [2.45, 2.75) is 25.5 Å². The third kappa shape index (κ3) is 6.55. The summed E-state index contributed by atoms with van der Waals surface area (Å²) in [5.74, 6) is 0.556. The van der Waals surface area contributed by atoms with Crippen molar-refractivity contribution < 1.29 is 17.9 Å². The fraction of sp³-hybridized carbons (Fsp3) is 0.409. The Bertz CT molecular complexity index is 973. The molecule has 1 fully saturated rings. The molecule has 0 aliphatic carbocycles. The Morgan fingerprint density at radius 1 is 1.17 bits per heavy atom. The minimum absolute atomic E-state index is 0.0282. The summed E-state index contributed by atoms with van der Waals surface area (Å²) in [5.41, 5.74) is 1.87. The van der Waals surface area contributed by atoms with Gasteiger partial charge in [-0.05, 0) is 55.2 Å². The molecule has 2 aromatic carbocycles. The molecule has 1 saturated heterocycles. The van der Waals surface area contributed by atoms with Gasteiger partial charge in [-0.3, -0.25) is 4.79 Å². The van der Waals surface area contributed by atoms with Gasteiger partial charge in [-0.1, -0.05) is 40.2 Å². The molecule has 0 bridgehead atoms. The van der Waals surface area contributed by atoms with Crippen LogP contribution in [-0.2, 0) is 20.6 Å². The predicted molar refractivity (Wildman–Crippen MR) is 121 cm³/mol. The third-order valence-corrected chi connectivity index (χ3v) is 7.46. The lowest BCUT2D eigenvalue weighted by Crippen LogP contribution is -2.43. The van der Waals surface area contributed by atoms with Gasteiger partial charge in [-0.25, -0.2) is 12.7 Å². The summed E-state index contributed by atoms with van der Waals surface area (Å²) < 4.78 is 33.4. The van der Waals surface area contributed by atoms with Crippen molar-refractivity contribution in [2.75, 3.05) is 26.2 Å². The number of benzene rings is 2. The molecule has 0 spiro atoms. The van der Waals surface area contributed by atoms with Gasteiger partial charge >= 0.3 is 0 Å². The Kier molecular flexibility index (Phi) is 7.91. The largest absolute Gasteiger partial charge is 0.492 e. The van der Waals surface area contributed by atoms with Crippen LogP contribution in [-0.4, -0.2) is 44.9 Å². The van der Waals surface area contributed by atoms with Crippen molar-refractivity contribution >= 4 is 31.9 Å².